The van der Waals surface area contributed by atoms with Crippen molar-refractivity contribution in [3.63, 3.8) is 0 Å². The Kier molecular flexibility index (Phi) is 6.02. The molecule has 1 N–H and O–H groups in total. The van der Waals surface area contributed by atoms with Gasteiger partial charge in [-0.25, -0.2) is 0 Å². The number of hydrogen-bond donors (Lipinski definition) is 1. The molecule has 0 amide bonds. The number of hydrogen-bond acceptors (Lipinski definition) is 5. The molecule has 122 valence electrons. The lowest BCUT2D eigenvalue weighted by Crippen LogP contribution is -2.53. The van der Waals surface area contributed by atoms with E-state index in [4.69, 9.17) is 9.47 Å². The Bertz CT molecular complexity index is 346. The molecule has 0 bridgehead atoms. The summed E-state index contributed by atoms with van der Waals surface area (Å²) in [5, 5.41) is 3.56. The van der Waals surface area contributed by atoms with Crippen LogP contribution in [0, 0.1) is 0 Å². The molecule has 2 aliphatic rings. The first-order chi connectivity index (χ1) is 10.1. The zero-order chi connectivity index (χ0) is 15.3. The van der Waals surface area contributed by atoms with Crippen molar-refractivity contribution in [3.05, 3.63) is 0 Å². The van der Waals surface area contributed by atoms with Crippen LogP contribution >= 0.6 is 0 Å². The van der Waals surface area contributed by atoms with E-state index in [0.717, 1.165) is 45.6 Å². The van der Waals surface area contributed by atoms with E-state index in [1.165, 1.54) is 20.0 Å². The molecule has 0 aromatic rings. The van der Waals surface area contributed by atoms with Gasteiger partial charge in [0, 0.05) is 25.2 Å². The first-order valence-corrected chi connectivity index (χ1v) is 8.33. The first-order valence-electron chi connectivity index (χ1n) is 8.33. The van der Waals surface area contributed by atoms with E-state index in [-0.39, 0.29) is 5.97 Å². The highest BCUT2D eigenvalue weighted by Crippen LogP contribution is 2.37. The van der Waals surface area contributed by atoms with Crippen molar-refractivity contribution in [2.24, 2.45) is 0 Å². The molecule has 2 rings (SSSR count). The summed E-state index contributed by atoms with van der Waals surface area (Å²) in [5.74, 6) is -0.0854. The summed E-state index contributed by atoms with van der Waals surface area (Å²) >= 11 is 0. The van der Waals surface area contributed by atoms with E-state index in [1.807, 2.05) is 6.92 Å². The van der Waals surface area contributed by atoms with Crippen molar-refractivity contribution in [1.29, 1.82) is 0 Å². The monoisotopic (exact) mass is 298 g/mol. The second kappa shape index (κ2) is 7.56. The Morgan fingerprint density at radius 2 is 2.10 bits per heavy atom. The van der Waals surface area contributed by atoms with E-state index in [1.54, 1.807) is 0 Å². The molecule has 5 nitrogen and oxygen atoms in total. The Labute approximate surface area is 128 Å². The lowest BCUT2D eigenvalue weighted by atomic mass is 9.97. The van der Waals surface area contributed by atoms with Gasteiger partial charge >= 0.3 is 5.97 Å². The molecule has 0 saturated heterocycles. The lowest BCUT2D eigenvalue weighted by molar-refractivity contribution is -0.148. The molecule has 0 heterocycles. The van der Waals surface area contributed by atoms with Gasteiger partial charge in [-0.15, -0.1) is 0 Å². The average molecular weight is 298 g/mol. The molecule has 21 heavy (non-hydrogen) atoms. The minimum atomic E-state index is -0.459. The van der Waals surface area contributed by atoms with Crippen molar-refractivity contribution in [1.82, 2.24) is 10.2 Å². The van der Waals surface area contributed by atoms with Gasteiger partial charge in [0.05, 0.1) is 13.7 Å². The maximum absolute atomic E-state index is 12.3. The van der Waals surface area contributed by atoms with Gasteiger partial charge in [-0.05, 0) is 45.6 Å². The molecule has 0 radical (unpaired) electrons. The van der Waals surface area contributed by atoms with Crippen molar-refractivity contribution in [2.75, 3.05) is 33.4 Å². The second-order valence-electron chi connectivity index (χ2n) is 6.21. The molecular formula is C16H30N2O3. The summed E-state index contributed by atoms with van der Waals surface area (Å²) < 4.78 is 10.6. The van der Waals surface area contributed by atoms with Crippen LogP contribution in [0.4, 0.5) is 0 Å². The molecule has 5 heteroatoms. The first kappa shape index (κ1) is 16.7. The van der Waals surface area contributed by atoms with E-state index >= 15 is 0 Å². The van der Waals surface area contributed by atoms with Crippen LogP contribution in [0.25, 0.3) is 0 Å². The fourth-order valence-electron chi connectivity index (χ4n) is 3.45. The number of esters is 1. The summed E-state index contributed by atoms with van der Waals surface area (Å²) in [7, 11) is 1.50. The summed E-state index contributed by atoms with van der Waals surface area (Å²) in [4.78, 5) is 14.7. The van der Waals surface area contributed by atoms with E-state index in [2.05, 4.69) is 17.1 Å². The lowest BCUT2D eigenvalue weighted by Gasteiger charge is -2.31. The molecule has 2 unspecified atom stereocenters. The molecule has 0 aromatic heterocycles. The standard InChI is InChI=1S/C16H30N2O3/c1-4-18(10-11-21-5-2)14-8-9-16(12-14,15(19)20-3)17-13-6-7-13/h13-14,17H,4-12H2,1-3H3. The number of likely N-dealkylation sites (N-methyl/N-ethyl adjacent to an activating group) is 1. The van der Waals surface area contributed by atoms with Gasteiger partial charge in [0.2, 0.25) is 0 Å². The van der Waals surface area contributed by atoms with Crippen molar-refractivity contribution in [2.45, 2.75) is 63.6 Å². The van der Waals surface area contributed by atoms with E-state index in [9.17, 15) is 4.79 Å². The third-order valence-electron chi connectivity index (χ3n) is 4.77. The van der Waals surface area contributed by atoms with Crippen LogP contribution in [0.1, 0.15) is 46.0 Å². The van der Waals surface area contributed by atoms with Crippen LogP contribution in [-0.4, -0.2) is 61.9 Å². The molecular weight excluding hydrogens is 268 g/mol. The van der Waals surface area contributed by atoms with Crippen LogP contribution in [0.2, 0.25) is 0 Å². The number of methoxy groups -OCH3 is 1. The summed E-state index contributed by atoms with van der Waals surface area (Å²) in [6.45, 7) is 7.67. The topological polar surface area (TPSA) is 50.8 Å². The Morgan fingerprint density at radius 3 is 2.67 bits per heavy atom. The largest absolute Gasteiger partial charge is 0.468 e. The Morgan fingerprint density at radius 1 is 1.33 bits per heavy atom. The van der Waals surface area contributed by atoms with Crippen LogP contribution in [0.3, 0.4) is 0 Å². The highest BCUT2D eigenvalue weighted by Gasteiger charge is 2.49. The van der Waals surface area contributed by atoms with E-state index in [0.29, 0.717) is 12.1 Å². The number of carbonyl (C=O) groups is 1. The van der Waals surface area contributed by atoms with Crippen LogP contribution in [-0.2, 0) is 14.3 Å². The highest BCUT2D eigenvalue weighted by molar-refractivity contribution is 5.81. The van der Waals surface area contributed by atoms with Gasteiger partial charge in [-0.3, -0.25) is 15.0 Å². The number of nitrogens with zero attached hydrogens (tertiary/aromatic N) is 1. The quantitative estimate of drug-likeness (QED) is 0.517. The fraction of sp³-hybridized carbons (Fsp3) is 0.938. The molecule has 0 aliphatic heterocycles. The van der Waals surface area contributed by atoms with Gasteiger partial charge < -0.3 is 9.47 Å². The zero-order valence-corrected chi connectivity index (χ0v) is 13.7. The summed E-state index contributed by atoms with van der Waals surface area (Å²) in [6, 6.07) is 0.960. The maximum Gasteiger partial charge on any atom is 0.326 e. The van der Waals surface area contributed by atoms with Crippen LogP contribution < -0.4 is 5.32 Å². The van der Waals surface area contributed by atoms with Gasteiger partial charge in [0.25, 0.3) is 0 Å². The molecule has 2 fully saturated rings. The number of nitrogens with one attached hydrogen (secondary N) is 1. The smallest absolute Gasteiger partial charge is 0.326 e. The van der Waals surface area contributed by atoms with Crippen molar-refractivity contribution < 1.29 is 14.3 Å². The predicted molar refractivity (Wildman–Crippen MR) is 82.3 cm³/mol. The maximum atomic E-state index is 12.3. The zero-order valence-electron chi connectivity index (χ0n) is 13.7. The van der Waals surface area contributed by atoms with Gasteiger partial charge in [0.1, 0.15) is 5.54 Å². The van der Waals surface area contributed by atoms with Gasteiger partial charge in [-0.2, -0.15) is 0 Å². The molecule has 0 aromatic carbocycles. The fourth-order valence-corrected chi connectivity index (χ4v) is 3.45. The molecule has 0 spiro atoms. The molecule has 2 aliphatic carbocycles. The normalized spacial score (nSPS) is 29.0. The predicted octanol–water partition coefficient (Wildman–Crippen LogP) is 1.56. The van der Waals surface area contributed by atoms with Crippen molar-refractivity contribution >= 4 is 5.97 Å². The minimum Gasteiger partial charge on any atom is -0.468 e. The van der Waals surface area contributed by atoms with Crippen LogP contribution in [0.15, 0.2) is 0 Å². The second-order valence-corrected chi connectivity index (χ2v) is 6.21. The van der Waals surface area contributed by atoms with Gasteiger partial charge in [0.15, 0.2) is 0 Å². The van der Waals surface area contributed by atoms with Crippen LogP contribution in [0.5, 0.6) is 0 Å². The van der Waals surface area contributed by atoms with Crippen molar-refractivity contribution in [3.8, 4) is 0 Å². The molecule has 2 saturated carbocycles. The third-order valence-corrected chi connectivity index (χ3v) is 4.77. The highest BCUT2D eigenvalue weighted by atomic mass is 16.5. The molecule has 2 atom stereocenters. The third kappa shape index (κ3) is 4.18. The summed E-state index contributed by atoms with van der Waals surface area (Å²) in [6.07, 6.45) is 5.16. The number of ether oxygens (including phenoxy) is 2. The number of rotatable bonds is 9. The SMILES string of the molecule is CCOCCN(CC)C1CCC(NC2CC2)(C(=O)OC)C1. The Hall–Kier alpha value is -0.650. The van der Waals surface area contributed by atoms with E-state index < -0.39 is 5.54 Å². The number of carbonyl (C=O) groups excluding carboxylic acids is 1. The average Bonchev–Trinajstić information content (AvgIpc) is 3.20. The minimum absolute atomic E-state index is 0.0854. The summed E-state index contributed by atoms with van der Waals surface area (Å²) in [5.41, 5.74) is -0.459. The Balaban J connectivity index is 1.95. The van der Waals surface area contributed by atoms with Gasteiger partial charge in [-0.1, -0.05) is 6.92 Å².